The molecule has 1 aliphatic rings. The summed E-state index contributed by atoms with van der Waals surface area (Å²) in [7, 11) is 0. The molecule has 0 unspecified atom stereocenters. The topological polar surface area (TPSA) is 94.4 Å². The summed E-state index contributed by atoms with van der Waals surface area (Å²) in [6.45, 7) is 6.47. The summed E-state index contributed by atoms with van der Waals surface area (Å²) in [5, 5.41) is 11.8. The molecule has 0 saturated carbocycles. The normalized spacial score (nSPS) is 13.5. The highest BCUT2D eigenvalue weighted by atomic mass is 16.6. The molecule has 38 heavy (non-hydrogen) atoms. The van der Waals surface area contributed by atoms with E-state index in [1.165, 1.54) is 0 Å². The Balaban J connectivity index is 1.15. The Morgan fingerprint density at radius 2 is 1.82 bits per heavy atom. The van der Waals surface area contributed by atoms with Crippen molar-refractivity contribution in [3.63, 3.8) is 0 Å². The van der Waals surface area contributed by atoms with Crippen LogP contribution in [0.3, 0.4) is 0 Å². The zero-order chi connectivity index (χ0) is 26.3. The molecular formula is C30H28N6O2. The lowest BCUT2D eigenvalue weighted by Crippen LogP contribution is -2.46. The quantitative estimate of drug-likeness (QED) is 0.383. The molecule has 3 heterocycles. The third-order valence-electron chi connectivity index (χ3n) is 6.55. The highest BCUT2D eigenvalue weighted by Gasteiger charge is 2.18. The number of ether oxygens (including phenoxy) is 1. The first-order valence-corrected chi connectivity index (χ1v) is 12.5. The van der Waals surface area contributed by atoms with E-state index in [1.54, 1.807) is 24.4 Å². The zero-order valence-corrected chi connectivity index (χ0v) is 21.2. The van der Waals surface area contributed by atoms with Crippen molar-refractivity contribution >= 4 is 17.6 Å². The number of benzene rings is 2. The van der Waals surface area contributed by atoms with E-state index in [4.69, 9.17) is 10.00 Å². The molecule has 1 fully saturated rings. The van der Waals surface area contributed by atoms with Crippen molar-refractivity contribution in [1.29, 1.82) is 5.26 Å². The number of anilines is 2. The average Bonchev–Trinajstić information content (AvgIpc) is 2.95. The Morgan fingerprint density at radius 1 is 1.00 bits per heavy atom. The maximum atomic E-state index is 12.6. The van der Waals surface area contributed by atoms with Crippen molar-refractivity contribution in [2.75, 3.05) is 36.4 Å². The molecule has 1 saturated heterocycles. The van der Waals surface area contributed by atoms with Crippen molar-refractivity contribution in [3.8, 4) is 22.9 Å². The maximum absolute atomic E-state index is 12.6. The number of piperazine rings is 1. The minimum atomic E-state index is -0.586. The molecule has 1 N–H and O–H groups in total. The number of nitrogens with zero attached hydrogens (tertiary/aromatic N) is 5. The van der Waals surface area contributed by atoms with Gasteiger partial charge >= 0.3 is 6.09 Å². The van der Waals surface area contributed by atoms with E-state index in [2.05, 4.69) is 37.2 Å². The fraction of sp³-hybridized carbons (Fsp3) is 0.200. The number of aromatic nitrogens is 2. The minimum Gasteiger partial charge on any atom is -0.410 e. The Labute approximate surface area is 222 Å². The Hall–Kier alpha value is -4.74. The Kier molecular flexibility index (Phi) is 7.57. The van der Waals surface area contributed by atoms with Crippen LogP contribution in [-0.4, -0.2) is 47.1 Å². The van der Waals surface area contributed by atoms with Crippen LogP contribution in [0.2, 0.25) is 0 Å². The summed E-state index contributed by atoms with van der Waals surface area (Å²) in [5.41, 5.74) is 5.17. The molecule has 8 heteroatoms. The van der Waals surface area contributed by atoms with Gasteiger partial charge in [-0.1, -0.05) is 24.3 Å². The van der Waals surface area contributed by atoms with Gasteiger partial charge in [0, 0.05) is 38.9 Å². The van der Waals surface area contributed by atoms with Crippen LogP contribution in [-0.2, 0) is 6.54 Å². The number of rotatable bonds is 6. The first kappa shape index (κ1) is 24.9. The predicted molar refractivity (Wildman–Crippen MR) is 147 cm³/mol. The van der Waals surface area contributed by atoms with Crippen LogP contribution in [0, 0.1) is 18.3 Å². The van der Waals surface area contributed by atoms with Crippen molar-refractivity contribution in [3.05, 3.63) is 102 Å². The molecule has 0 spiro atoms. The Bertz CT molecular complexity index is 1420. The standard InChI is InChI=1S/C30H28N6O2/c1-22-5-11-27(18-28(22)24-8-6-23(19-31)7-9-24)38-30(37)34-25-10-12-29(33-20-25)36-16-14-35(15-17-36)21-26-4-2-3-13-32-26/h2-13,18,20H,14-17,21H2,1H3,(H,34,37). The molecule has 0 bridgehead atoms. The lowest BCUT2D eigenvalue weighted by molar-refractivity contribution is 0.215. The van der Waals surface area contributed by atoms with Crippen LogP contribution in [0.4, 0.5) is 16.3 Å². The van der Waals surface area contributed by atoms with Crippen LogP contribution in [0.1, 0.15) is 16.8 Å². The molecule has 1 aliphatic heterocycles. The number of pyridine rings is 2. The summed E-state index contributed by atoms with van der Waals surface area (Å²) in [6, 6.07) is 24.7. The third-order valence-corrected chi connectivity index (χ3v) is 6.55. The van der Waals surface area contributed by atoms with Gasteiger partial charge in [-0.05, 0) is 72.1 Å². The van der Waals surface area contributed by atoms with Gasteiger partial charge in [0.1, 0.15) is 11.6 Å². The van der Waals surface area contributed by atoms with Crippen molar-refractivity contribution in [2.24, 2.45) is 0 Å². The van der Waals surface area contributed by atoms with E-state index in [9.17, 15) is 4.79 Å². The molecule has 2 aromatic carbocycles. The van der Waals surface area contributed by atoms with Crippen molar-refractivity contribution < 1.29 is 9.53 Å². The first-order chi connectivity index (χ1) is 18.6. The molecule has 1 amide bonds. The minimum absolute atomic E-state index is 0.431. The van der Waals surface area contributed by atoms with Gasteiger partial charge in [0.25, 0.3) is 0 Å². The van der Waals surface area contributed by atoms with Crippen LogP contribution in [0.15, 0.2) is 85.2 Å². The number of carbonyl (C=O) groups excluding carboxylic acids is 1. The second-order valence-corrected chi connectivity index (χ2v) is 9.17. The van der Waals surface area contributed by atoms with E-state index in [-0.39, 0.29) is 0 Å². The Morgan fingerprint density at radius 3 is 2.50 bits per heavy atom. The molecule has 2 aromatic heterocycles. The summed E-state index contributed by atoms with van der Waals surface area (Å²) in [6.07, 6.45) is 2.89. The van der Waals surface area contributed by atoms with Gasteiger partial charge in [0.05, 0.1) is 29.2 Å². The molecular weight excluding hydrogens is 476 g/mol. The maximum Gasteiger partial charge on any atom is 0.417 e. The summed E-state index contributed by atoms with van der Waals surface area (Å²) < 4.78 is 5.54. The third kappa shape index (κ3) is 6.14. The zero-order valence-electron chi connectivity index (χ0n) is 21.2. The van der Waals surface area contributed by atoms with Gasteiger partial charge in [-0.25, -0.2) is 9.78 Å². The van der Waals surface area contributed by atoms with Crippen LogP contribution < -0.4 is 15.0 Å². The second-order valence-electron chi connectivity index (χ2n) is 9.17. The first-order valence-electron chi connectivity index (χ1n) is 12.5. The lowest BCUT2D eigenvalue weighted by Gasteiger charge is -2.35. The van der Waals surface area contributed by atoms with E-state index < -0.39 is 6.09 Å². The second kappa shape index (κ2) is 11.5. The molecule has 5 rings (SSSR count). The number of hydrogen-bond donors (Lipinski definition) is 1. The predicted octanol–water partition coefficient (Wildman–Crippen LogP) is 5.26. The molecule has 190 valence electrons. The monoisotopic (exact) mass is 504 g/mol. The average molecular weight is 505 g/mol. The summed E-state index contributed by atoms with van der Waals surface area (Å²) in [5.74, 6) is 1.31. The number of carbonyl (C=O) groups is 1. The van der Waals surface area contributed by atoms with Crippen LogP contribution in [0.5, 0.6) is 5.75 Å². The van der Waals surface area contributed by atoms with Crippen LogP contribution in [0.25, 0.3) is 11.1 Å². The molecule has 8 nitrogen and oxygen atoms in total. The van der Waals surface area contributed by atoms with E-state index in [1.807, 2.05) is 61.7 Å². The number of hydrogen-bond acceptors (Lipinski definition) is 7. The largest absolute Gasteiger partial charge is 0.417 e. The fourth-order valence-electron chi connectivity index (χ4n) is 4.45. The van der Waals surface area contributed by atoms with Gasteiger partial charge in [0.2, 0.25) is 0 Å². The lowest BCUT2D eigenvalue weighted by atomic mass is 9.99. The smallest absolute Gasteiger partial charge is 0.410 e. The van der Waals surface area contributed by atoms with Crippen molar-refractivity contribution in [1.82, 2.24) is 14.9 Å². The summed E-state index contributed by atoms with van der Waals surface area (Å²) >= 11 is 0. The highest BCUT2D eigenvalue weighted by molar-refractivity contribution is 5.86. The number of aryl methyl sites for hydroxylation is 1. The van der Waals surface area contributed by atoms with Gasteiger partial charge < -0.3 is 9.64 Å². The number of nitrogens with one attached hydrogen (secondary N) is 1. The highest BCUT2D eigenvalue weighted by Crippen LogP contribution is 2.28. The molecule has 0 radical (unpaired) electrons. The van der Waals surface area contributed by atoms with E-state index >= 15 is 0 Å². The summed E-state index contributed by atoms with van der Waals surface area (Å²) in [4.78, 5) is 26.2. The van der Waals surface area contributed by atoms with E-state index in [0.29, 0.717) is 17.0 Å². The van der Waals surface area contributed by atoms with Gasteiger partial charge in [-0.2, -0.15) is 5.26 Å². The number of nitriles is 1. The number of amides is 1. The SMILES string of the molecule is Cc1ccc(OC(=O)Nc2ccc(N3CCN(Cc4ccccn4)CC3)nc2)cc1-c1ccc(C#N)cc1. The van der Waals surface area contributed by atoms with Gasteiger partial charge in [-0.3, -0.25) is 15.2 Å². The molecule has 0 atom stereocenters. The van der Waals surface area contributed by atoms with Crippen LogP contribution >= 0.6 is 0 Å². The fourth-order valence-corrected chi connectivity index (χ4v) is 4.45. The molecule has 0 aliphatic carbocycles. The van der Waals surface area contributed by atoms with Gasteiger partial charge in [0.15, 0.2) is 0 Å². The van der Waals surface area contributed by atoms with E-state index in [0.717, 1.165) is 60.9 Å². The van der Waals surface area contributed by atoms with Gasteiger partial charge in [-0.15, -0.1) is 0 Å². The van der Waals surface area contributed by atoms with Crippen molar-refractivity contribution in [2.45, 2.75) is 13.5 Å². The molecule has 4 aromatic rings.